The Morgan fingerprint density at radius 3 is 2.08 bits per heavy atom. The van der Waals surface area contributed by atoms with Gasteiger partial charge < -0.3 is 14.5 Å². The van der Waals surface area contributed by atoms with Gasteiger partial charge in [0.2, 0.25) is 0 Å². The van der Waals surface area contributed by atoms with Crippen LogP contribution in [0.3, 0.4) is 0 Å². The van der Waals surface area contributed by atoms with E-state index in [1.807, 2.05) is 0 Å². The topological polar surface area (TPSA) is 32.8 Å². The van der Waals surface area contributed by atoms with Gasteiger partial charge in [0.25, 0.3) is 0 Å². The minimum atomic E-state index is -0.208. The van der Waals surface area contributed by atoms with Crippen LogP contribution >= 0.6 is 0 Å². The molecule has 4 nitrogen and oxygen atoms in total. The van der Waals surface area contributed by atoms with Gasteiger partial charge in [-0.15, -0.1) is 0 Å². The van der Waals surface area contributed by atoms with Crippen molar-refractivity contribution < 1.29 is 9.53 Å². The molecular weight excluding hydrogens is 324 g/mol. The van der Waals surface area contributed by atoms with Crippen LogP contribution in [0.1, 0.15) is 18.4 Å². The molecule has 0 aliphatic carbocycles. The van der Waals surface area contributed by atoms with Gasteiger partial charge in [0, 0.05) is 13.6 Å². The quantitative estimate of drug-likeness (QED) is 0.832. The lowest BCUT2D eigenvalue weighted by Gasteiger charge is -2.14. The normalized spacial score (nSPS) is 17.0. The molecule has 2 aromatic rings. The molecular formula is C22H28N2O2. The number of ether oxygens (including phenoxy) is 1. The van der Waals surface area contributed by atoms with Gasteiger partial charge in [-0.05, 0) is 49.0 Å². The van der Waals surface area contributed by atoms with E-state index in [-0.39, 0.29) is 6.09 Å². The summed E-state index contributed by atoms with van der Waals surface area (Å²) in [5.41, 5.74) is 4.06. The molecule has 4 heteroatoms. The Hall–Kier alpha value is -2.33. The highest BCUT2D eigenvalue weighted by Gasteiger charge is 2.15. The number of benzene rings is 2. The van der Waals surface area contributed by atoms with E-state index in [0.717, 1.165) is 6.54 Å². The van der Waals surface area contributed by atoms with Gasteiger partial charge in [-0.25, -0.2) is 4.79 Å². The highest BCUT2D eigenvalue weighted by molar-refractivity contribution is 5.68. The van der Waals surface area contributed by atoms with Crippen molar-refractivity contribution in [2.75, 3.05) is 39.8 Å². The van der Waals surface area contributed by atoms with Crippen molar-refractivity contribution in [1.82, 2.24) is 9.80 Å². The summed E-state index contributed by atoms with van der Waals surface area (Å²) in [6, 6.07) is 19.6. The van der Waals surface area contributed by atoms with Gasteiger partial charge in [-0.2, -0.15) is 0 Å². The molecule has 0 unspecified atom stereocenters. The van der Waals surface area contributed by atoms with Crippen molar-refractivity contribution in [3.05, 3.63) is 60.2 Å². The van der Waals surface area contributed by atoms with Crippen LogP contribution in [0.25, 0.3) is 11.1 Å². The number of amides is 1. The lowest BCUT2D eigenvalue weighted by Crippen LogP contribution is -2.21. The van der Waals surface area contributed by atoms with E-state index in [4.69, 9.17) is 0 Å². The zero-order valence-corrected chi connectivity index (χ0v) is 15.6. The molecule has 2 aliphatic heterocycles. The molecule has 2 aromatic carbocycles. The number of carbonyl (C=O) groups excluding carboxylic acids is 1. The minimum absolute atomic E-state index is 0.208. The van der Waals surface area contributed by atoms with E-state index in [1.165, 1.54) is 55.6 Å². The van der Waals surface area contributed by atoms with Gasteiger partial charge in [0.05, 0.1) is 6.54 Å². The van der Waals surface area contributed by atoms with Gasteiger partial charge in [-0.1, -0.05) is 54.6 Å². The van der Waals surface area contributed by atoms with Gasteiger partial charge in [0.1, 0.15) is 6.61 Å². The van der Waals surface area contributed by atoms with Gasteiger partial charge in [-0.3, -0.25) is 0 Å². The third-order valence-corrected chi connectivity index (χ3v) is 4.94. The van der Waals surface area contributed by atoms with Gasteiger partial charge in [0.15, 0.2) is 0 Å². The van der Waals surface area contributed by atoms with Crippen LogP contribution in [0.4, 0.5) is 4.79 Å². The molecule has 0 radical (unpaired) electrons. The van der Waals surface area contributed by atoms with E-state index >= 15 is 0 Å². The first-order chi connectivity index (χ1) is 12.7. The molecule has 2 heterocycles. The Balaban J connectivity index is 0.000000236. The smallest absolute Gasteiger partial charge is 0.409 e. The number of rotatable bonds is 4. The average Bonchev–Trinajstić information content (AvgIpc) is 3.34. The molecule has 0 bridgehead atoms. The summed E-state index contributed by atoms with van der Waals surface area (Å²) in [6.45, 7) is 5.09. The van der Waals surface area contributed by atoms with E-state index in [9.17, 15) is 4.79 Å². The number of likely N-dealkylation sites (N-methyl/N-ethyl adjacent to an activating group) is 1. The summed E-state index contributed by atoms with van der Waals surface area (Å²) < 4.78 is 4.55. The first kappa shape index (κ1) is 18.5. The summed E-state index contributed by atoms with van der Waals surface area (Å²) in [7, 11) is 1.72. The maximum Gasteiger partial charge on any atom is 0.409 e. The third kappa shape index (κ3) is 5.33. The highest BCUT2D eigenvalue weighted by Crippen LogP contribution is 2.19. The monoisotopic (exact) mass is 352 g/mol. The van der Waals surface area contributed by atoms with Crippen LogP contribution in [0, 0.1) is 0 Å². The van der Waals surface area contributed by atoms with Crippen LogP contribution in [-0.4, -0.2) is 55.7 Å². The second-order valence-electron chi connectivity index (χ2n) is 6.90. The molecule has 0 aromatic heterocycles. The number of likely N-dealkylation sites (tertiary alicyclic amines) is 1. The SMILES string of the molecule is CN1CCOC1=O.c1ccc(-c2ccc(CCN3CCCC3)cc2)cc1. The second kappa shape index (κ2) is 9.39. The molecule has 0 saturated carbocycles. The van der Waals surface area contributed by atoms with E-state index in [2.05, 4.69) is 64.2 Å². The number of carbonyl (C=O) groups is 1. The number of hydrogen-bond donors (Lipinski definition) is 0. The minimum Gasteiger partial charge on any atom is -0.448 e. The van der Waals surface area contributed by atoms with Crippen molar-refractivity contribution in [1.29, 1.82) is 0 Å². The standard InChI is InChI=1S/C18H21N.C4H7NO2/c1-2-6-17(7-3-1)18-10-8-16(9-11-18)12-15-19-13-4-5-14-19;1-5-2-3-7-4(5)6/h1-3,6-11H,4-5,12-15H2;2-3H2,1H3. The lowest BCUT2D eigenvalue weighted by molar-refractivity contribution is 0.163. The zero-order valence-electron chi connectivity index (χ0n) is 15.6. The fourth-order valence-corrected chi connectivity index (χ4v) is 3.26. The average molecular weight is 352 g/mol. The van der Waals surface area contributed by atoms with Crippen LogP contribution < -0.4 is 0 Å². The van der Waals surface area contributed by atoms with E-state index in [0.29, 0.717) is 6.61 Å². The van der Waals surface area contributed by atoms with Crippen LogP contribution in [0.15, 0.2) is 54.6 Å². The largest absolute Gasteiger partial charge is 0.448 e. The predicted molar refractivity (Wildman–Crippen MR) is 105 cm³/mol. The Labute approximate surface area is 156 Å². The fourth-order valence-electron chi connectivity index (χ4n) is 3.26. The van der Waals surface area contributed by atoms with Crippen molar-refractivity contribution >= 4 is 6.09 Å². The first-order valence-corrected chi connectivity index (χ1v) is 9.47. The van der Waals surface area contributed by atoms with E-state index in [1.54, 1.807) is 11.9 Å². The van der Waals surface area contributed by atoms with Crippen molar-refractivity contribution in [3.63, 3.8) is 0 Å². The molecule has 4 rings (SSSR count). The number of hydrogen-bond acceptors (Lipinski definition) is 3. The van der Waals surface area contributed by atoms with Crippen molar-refractivity contribution in [3.8, 4) is 11.1 Å². The Kier molecular flexibility index (Phi) is 6.67. The molecule has 2 aliphatic rings. The number of cyclic esters (lactones) is 1. The van der Waals surface area contributed by atoms with Crippen molar-refractivity contribution in [2.45, 2.75) is 19.3 Å². The lowest BCUT2D eigenvalue weighted by atomic mass is 10.0. The third-order valence-electron chi connectivity index (χ3n) is 4.94. The summed E-state index contributed by atoms with van der Waals surface area (Å²) in [5, 5.41) is 0. The Morgan fingerprint density at radius 2 is 1.54 bits per heavy atom. The fraction of sp³-hybridized carbons (Fsp3) is 0.409. The zero-order chi connectivity index (χ0) is 18.2. The molecule has 0 spiro atoms. The van der Waals surface area contributed by atoms with Crippen LogP contribution in [-0.2, 0) is 11.2 Å². The molecule has 2 saturated heterocycles. The maximum absolute atomic E-state index is 10.3. The first-order valence-electron chi connectivity index (χ1n) is 9.47. The summed E-state index contributed by atoms with van der Waals surface area (Å²) in [4.78, 5) is 14.4. The highest BCUT2D eigenvalue weighted by atomic mass is 16.6. The summed E-state index contributed by atoms with van der Waals surface area (Å²) in [6.07, 6.45) is 3.73. The van der Waals surface area contributed by atoms with Crippen LogP contribution in [0.5, 0.6) is 0 Å². The molecule has 0 atom stereocenters. The molecule has 1 amide bonds. The van der Waals surface area contributed by atoms with E-state index < -0.39 is 0 Å². The molecule has 2 fully saturated rings. The molecule has 0 N–H and O–H groups in total. The maximum atomic E-state index is 10.3. The predicted octanol–water partition coefficient (Wildman–Crippen LogP) is 4.06. The summed E-state index contributed by atoms with van der Waals surface area (Å²) in [5.74, 6) is 0. The number of nitrogens with zero attached hydrogens (tertiary/aromatic N) is 2. The second-order valence-corrected chi connectivity index (χ2v) is 6.90. The van der Waals surface area contributed by atoms with Gasteiger partial charge >= 0.3 is 6.09 Å². The van der Waals surface area contributed by atoms with Crippen molar-refractivity contribution in [2.24, 2.45) is 0 Å². The Morgan fingerprint density at radius 1 is 0.885 bits per heavy atom. The molecule has 138 valence electrons. The van der Waals surface area contributed by atoms with Crippen LogP contribution in [0.2, 0.25) is 0 Å². The molecule has 26 heavy (non-hydrogen) atoms. The summed E-state index contributed by atoms with van der Waals surface area (Å²) >= 11 is 0. The Bertz CT molecular complexity index is 679.